The summed E-state index contributed by atoms with van der Waals surface area (Å²) in [5, 5.41) is 2.72. The molecule has 1 aliphatic heterocycles. The van der Waals surface area contributed by atoms with Crippen LogP contribution in [-0.4, -0.2) is 39.2 Å². The van der Waals surface area contributed by atoms with Crippen molar-refractivity contribution in [1.82, 2.24) is 0 Å². The first-order valence-electron chi connectivity index (χ1n) is 9.34. The molecule has 0 radical (unpaired) electrons. The first-order chi connectivity index (χ1) is 13.6. The van der Waals surface area contributed by atoms with Gasteiger partial charge in [-0.1, -0.05) is 12.1 Å². The molecule has 2 aromatic rings. The highest BCUT2D eigenvalue weighted by Crippen LogP contribution is 2.30. The molecular formula is C21H24N2O5S. The number of hydrogen-bond acceptors (Lipinski definition) is 5. The highest BCUT2D eigenvalue weighted by atomic mass is 32.2. The van der Waals surface area contributed by atoms with Crippen LogP contribution in [0.5, 0.6) is 0 Å². The molecule has 1 N–H and O–H groups in total. The summed E-state index contributed by atoms with van der Waals surface area (Å²) in [4.78, 5) is 24.8. The maximum atomic E-state index is 12.5. The van der Waals surface area contributed by atoms with Crippen LogP contribution < -0.4 is 9.62 Å². The summed E-state index contributed by atoms with van der Waals surface area (Å²) >= 11 is 0. The lowest BCUT2D eigenvalue weighted by molar-refractivity contribution is -0.123. The fraction of sp³-hybridized carbons (Fsp3) is 0.333. The summed E-state index contributed by atoms with van der Waals surface area (Å²) in [5.74, 6) is -1.05. The van der Waals surface area contributed by atoms with E-state index in [9.17, 15) is 18.0 Å². The predicted octanol–water partition coefficient (Wildman–Crippen LogP) is 2.89. The van der Waals surface area contributed by atoms with E-state index in [2.05, 4.69) is 5.32 Å². The molecule has 1 atom stereocenters. The first kappa shape index (κ1) is 20.9. The highest BCUT2D eigenvalue weighted by Gasteiger charge is 2.26. The summed E-state index contributed by atoms with van der Waals surface area (Å²) in [6.45, 7) is 3.85. The molecule has 0 bridgehead atoms. The molecule has 0 aliphatic carbocycles. The number of ether oxygens (including phenoxy) is 1. The number of rotatable bonds is 5. The van der Waals surface area contributed by atoms with E-state index in [0.717, 1.165) is 11.1 Å². The monoisotopic (exact) mass is 416 g/mol. The van der Waals surface area contributed by atoms with Gasteiger partial charge in [-0.15, -0.1) is 0 Å². The second kappa shape index (κ2) is 8.24. The zero-order valence-corrected chi connectivity index (χ0v) is 17.5. The Balaban J connectivity index is 1.70. The molecular weight excluding hydrogens is 392 g/mol. The van der Waals surface area contributed by atoms with Gasteiger partial charge in [-0.2, -0.15) is 0 Å². The molecule has 2 aromatic carbocycles. The molecule has 1 amide bonds. The zero-order valence-electron chi connectivity index (χ0n) is 16.6. The fourth-order valence-electron chi connectivity index (χ4n) is 3.28. The normalized spacial score (nSPS) is 14.7. The van der Waals surface area contributed by atoms with Gasteiger partial charge < -0.3 is 10.1 Å². The van der Waals surface area contributed by atoms with Gasteiger partial charge in [0.15, 0.2) is 6.10 Å². The summed E-state index contributed by atoms with van der Waals surface area (Å²) in [6, 6.07) is 12.1. The summed E-state index contributed by atoms with van der Waals surface area (Å²) in [6.07, 6.45) is 1.53. The minimum Gasteiger partial charge on any atom is -0.449 e. The molecule has 1 aliphatic rings. The second-order valence-corrected chi connectivity index (χ2v) is 9.10. The van der Waals surface area contributed by atoms with Crippen molar-refractivity contribution >= 4 is 33.3 Å². The molecule has 8 heteroatoms. The Kier molecular flexibility index (Phi) is 5.93. The Morgan fingerprint density at radius 1 is 1.17 bits per heavy atom. The van der Waals surface area contributed by atoms with Crippen molar-refractivity contribution in [3.8, 4) is 0 Å². The minimum absolute atomic E-state index is 0.286. The van der Waals surface area contributed by atoms with Gasteiger partial charge >= 0.3 is 5.97 Å². The van der Waals surface area contributed by atoms with E-state index in [-0.39, 0.29) is 5.56 Å². The van der Waals surface area contributed by atoms with Crippen molar-refractivity contribution in [3.05, 3.63) is 59.2 Å². The Hall–Kier alpha value is -2.87. The Morgan fingerprint density at radius 3 is 2.62 bits per heavy atom. The van der Waals surface area contributed by atoms with Crippen LogP contribution in [0, 0.1) is 6.92 Å². The van der Waals surface area contributed by atoms with Gasteiger partial charge in [-0.05, 0) is 68.1 Å². The molecule has 29 heavy (non-hydrogen) atoms. The molecule has 0 saturated carbocycles. The molecule has 0 fully saturated rings. The summed E-state index contributed by atoms with van der Waals surface area (Å²) in [7, 11) is -3.37. The smallest absolute Gasteiger partial charge is 0.338 e. The Bertz CT molecular complexity index is 1050. The molecule has 154 valence electrons. The number of hydrogen-bond donors (Lipinski definition) is 1. The molecule has 0 unspecified atom stereocenters. The summed E-state index contributed by atoms with van der Waals surface area (Å²) < 4.78 is 30.5. The number of anilines is 2. The van der Waals surface area contributed by atoms with E-state index in [1.807, 2.05) is 25.1 Å². The lowest BCUT2D eigenvalue weighted by Gasteiger charge is -2.29. The largest absolute Gasteiger partial charge is 0.449 e. The third kappa shape index (κ3) is 4.95. The zero-order chi connectivity index (χ0) is 21.2. The van der Waals surface area contributed by atoms with Crippen LogP contribution in [0.4, 0.5) is 11.4 Å². The quantitative estimate of drug-likeness (QED) is 0.757. The predicted molar refractivity (Wildman–Crippen MR) is 112 cm³/mol. The first-order valence-corrected chi connectivity index (χ1v) is 11.2. The SMILES string of the molecule is Cc1cccc(NC(=O)[C@H](C)OC(=O)c2ccc3c(c2)CCCN3S(C)(=O)=O)c1. The van der Waals surface area contributed by atoms with Gasteiger partial charge in [0.2, 0.25) is 10.0 Å². The molecule has 3 rings (SSSR count). The maximum absolute atomic E-state index is 12.5. The van der Waals surface area contributed by atoms with Crippen molar-refractivity contribution in [1.29, 1.82) is 0 Å². The van der Waals surface area contributed by atoms with Gasteiger partial charge in [0.05, 0.1) is 17.5 Å². The molecule has 1 heterocycles. The third-order valence-electron chi connectivity index (χ3n) is 4.73. The van der Waals surface area contributed by atoms with Crippen molar-refractivity contribution < 1.29 is 22.7 Å². The van der Waals surface area contributed by atoms with Crippen LogP contribution in [0.25, 0.3) is 0 Å². The van der Waals surface area contributed by atoms with Gasteiger partial charge in [-0.25, -0.2) is 13.2 Å². The number of benzene rings is 2. The molecule has 0 spiro atoms. The molecule has 7 nitrogen and oxygen atoms in total. The van der Waals surface area contributed by atoms with Crippen molar-refractivity contribution in [2.75, 3.05) is 22.4 Å². The third-order valence-corrected chi connectivity index (χ3v) is 5.91. The topological polar surface area (TPSA) is 92.8 Å². The Labute approximate surface area is 170 Å². The fourth-order valence-corrected chi connectivity index (χ4v) is 4.28. The van der Waals surface area contributed by atoms with Gasteiger partial charge in [-0.3, -0.25) is 9.10 Å². The average molecular weight is 416 g/mol. The van der Waals surface area contributed by atoms with Crippen molar-refractivity contribution in [3.63, 3.8) is 0 Å². The standard InChI is InChI=1S/C21H24N2O5S/c1-14-6-4-8-18(12-14)22-20(24)15(2)28-21(25)17-9-10-19-16(13-17)7-5-11-23(19)29(3,26)27/h4,6,8-10,12-13,15H,5,7,11H2,1-3H3,(H,22,24)/t15-/m0/s1. The van der Waals surface area contributed by atoms with E-state index in [4.69, 9.17) is 4.74 Å². The van der Waals surface area contributed by atoms with E-state index < -0.39 is 28.0 Å². The van der Waals surface area contributed by atoms with Gasteiger partial charge in [0, 0.05) is 12.2 Å². The number of amides is 1. The molecule has 0 saturated heterocycles. The lowest BCUT2D eigenvalue weighted by atomic mass is 10.0. The number of esters is 1. The van der Waals surface area contributed by atoms with Gasteiger partial charge in [0.25, 0.3) is 5.91 Å². The average Bonchev–Trinajstić information content (AvgIpc) is 2.66. The number of nitrogens with one attached hydrogen (secondary N) is 1. The van der Waals surface area contributed by atoms with Crippen molar-refractivity contribution in [2.24, 2.45) is 0 Å². The van der Waals surface area contributed by atoms with Crippen LogP contribution in [0.2, 0.25) is 0 Å². The van der Waals surface area contributed by atoms with Crippen LogP contribution >= 0.6 is 0 Å². The van der Waals surface area contributed by atoms with Crippen LogP contribution in [0.1, 0.15) is 34.8 Å². The minimum atomic E-state index is -3.37. The van der Waals surface area contributed by atoms with Crippen LogP contribution in [-0.2, 0) is 26.0 Å². The Morgan fingerprint density at radius 2 is 1.93 bits per heavy atom. The number of aryl methyl sites for hydroxylation is 2. The van der Waals surface area contributed by atoms with E-state index in [0.29, 0.717) is 30.8 Å². The number of sulfonamides is 1. The number of nitrogens with zero attached hydrogens (tertiary/aromatic N) is 1. The number of carbonyl (C=O) groups excluding carboxylic acids is 2. The number of carbonyl (C=O) groups is 2. The van der Waals surface area contributed by atoms with Gasteiger partial charge in [0.1, 0.15) is 0 Å². The number of fused-ring (bicyclic) bond motifs is 1. The van der Waals surface area contributed by atoms with Crippen LogP contribution in [0.3, 0.4) is 0 Å². The summed E-state index contributed by atoms with van der Waals surface area (Å²) in [5.41, 5.74) is 3.28. The van der Waals surface area contributed by atoms with E-state index in [1.165, 1.54) is 23.6 Å². The maximum Gasteiger partial charge on any atom is 0.338 e. The van der Waals surface area contributed by atoms with E-state index in [1.54, 1.807) is 18.2 Å². The van der Waals surface area contributed by atoms with E-state index >= 15 is 0 Å². The molecule has 0 aromatic heterocycles. The van der Waals surface area contributed by atoms with Crippen LogP contribution in [0.15, 0.2) is 42.5 Å². The van der Waals surface area contributed by atoms with Crippen molar-refractivity contribution in [2.45, 2.75) is 32.8 Å². The second-order valence-electron chi connectivity index (χ2n) is 7.19. The highest BCUT2D eigenvalue weighted by molar-refractivity contribution is 7.92. The lowest BCUT2D eigenvalue weighted by Crippen LogP contribution is -2.34.